The van der Waals surface area contributed by atoms with E-state index >= 15 is 0 Å². The van der Waals surface area contributed by atoms with Gasteiger partial charge in [0.2, 0.25) is 5.91 Å². The third kappa shape index (κ3) is 8.45. The molecule has 0 spiro atoms. The van der Waals surface area contributed by atoms with Crippen LogP contribution in [0.15, 0.2) is 0 Å². The van der Waals surface area contributed by atoms with Gasteiger partial charge in [-0.2, -0.15) is 13.2 Å². The molecule has 0 atom stereocenters. The van der Waals surface area contributed by atoms with Crippen molar-refractivity contribution in [2.75, 3.05) is 39.4 Å². The summed E-state index contributed by atoms with van der Waals surface area (Å²) in [6, 6.07) is 0. The molecule has 0 fully saturated rings. The summed E-state index contributed by atoms with van der Waals surface area (Å²) < 4.78 is 36.1. The van der Waals surface area contributed by atoms with Gasteiger partial charge in [-0.3, -0.25) is 9.69 Å². The molecule has 1 amide bonds. The second-order valence-corrected chi connectivity index (χ2v) is 3.12. The number of hydrogen-bond acceptors (Lipinski definition) is 4. The van der Waals surface area contributed by atoms with E-state index in [1.807, 2.05) is 0 Å². The highest BCUT2D eigenvalue weighted by Gasteiger charge is 2.31. The van der Waals surface area contributed by atoms with Crippen molar-refractivity contribution < 1.29 is 28.2 Å². The lowest BCUT2D eigenvalue weighted by atomic mass is 10.4. The average molecular weight is 244 g/mol. The summed E-state index contributed by atoms with van der Waals surface area (Å²) in [6.07, 6.45) is -4.41. The first-order valence-electron chi connectivity index (χ1n) is 4.66. The molecular weight excluding hydrogens is 229 g/mol. The van der Waals surface area contributed by atoms with E-state index in [9.17, 15) is 18.0 Å². The minimum absolute atomic E-state index is 0.00217. The maximum atomic E-state index is 12.0. The van der Waals surface area contributed by atoms with E-state index in [2.05, 4.69) is 5.32 Å². The maximum Gasteiger partial charge on any atom is 0.401 e. The van der Waals surface area contributed by atoms with Gasteiger partial charge in [0.15, 0.2) is 0 Å². The minimum Gasteiger partial charge on any atom is -0.395 e. The Kier molecular flexibility index (Phi) is 7.02. The molecule has 0 radical (unpaired) electrons. The van der Waals surface area contributed by atoms with Gasteiger partial charge < -0.3 is 15.5 Å². The number of nitrogens with one attached hydrogen (secondary N) is 1. The van der Waals surface area contributed by atoms with Crippen LogP contribution in [0, 0.1) is 0 Å². The van der Waals surface area contributed by atoms with Gasteiger partial charge >= 0.3 is 6.18 Å². The topological polar surface area (TPSA) is 72.8 Å². The van der Waals surface area contributed by atoms with Crippen LogP contribution in [-0.2, 0) is 4.79 Å². The summed E-state index contributed by atoms with van der Waals surface area (Å²) in [5, 5.41) is 19.2. The largest absolute Gasteiger partial charge is 0.401 e. The SMILES string of the molecule is O=C(CN(CCO)CC(F)(F)F)NCCO. The Morgan fingerprint density at radius 3 is 2.31 bits per heavy atom. The van der Waals surface area contributed by atoms with Crippen molar-refractivity contribution in [1.29, 1.82) is 0 Å². The maximum absolute atomic E-state index is 12.0. The normalized spacial score (nSPS) is 11.9. The summed E-state index contributed by atoms with van der Waals surface area (Å²) in [6.45, 7) is -2.67. The highest BCUT2D eigenvalue weighted by atomic mass is 19.4. The Morgan fingerprint density at radius 2 is 1.88 bits per heavy atom. The van der Waals surface area contributed by atoms with E-state index in [1.54, 1.807) is 0 Å². The molecule has 0 aromatic heterocycles. The van der Waals surface area contributed by atoms with Crippen molar-refractivity contribution >= 4 is 5.91 Å². The Bertz CT molecular complexity index is 211. The Balaban J connectivity index is 4.06. The molecule has 0 saturated heterocycles. The van der Waals surface area contributed by atoms with E-state index < -0.39 is 31.8 Å². The number of alkyl halides is 3. The van der Waals surface area contributed by atoms with Gasteiger partial charge in [0.05, 0.1) is 26.3 Å². The molecule has 0 aromatic rings. The molecule has 0 bridgehead atoms. The highest BCUT2D eigenvalue weighted by Crippen LogP contribution is 2.15. The van der Waals surface area contributed by atoms with Crippen LogP contribution in [0.3, 0.4) is 0 Å². The van der Waals surface area contributed by atoms with Crippen LogP contribution in [0.1, 0.15) is 0 Å². The van der Waals surface area contributed by atoms with Crippen LogP contribution >= 0.6 is 0 Å². The predicted octanol–water partition coefficient (Wildman–Crippen LogP) is -1.05. The molecule has 5 nitrogen and oxygen atoms in total. The molecule has 0 heterocycles. The zero-order chi connectivity index (χ0) is 12.6. The zero-order valence-electron chi connectivity index (χ0n) is 8.63. The summed E-state index contributed by atoms with van der Waals surface area (Å²) in [5.41, 5.74) is 0. The number of hydrogen-bond donors (Lipinski definition) is 3. The first-order valence-corrected chi connectivity index (χ1v) is 4.66. The van der Waals surface area contributed by atoms with Gasteiger partial charge in [-0.15, -0.1) is 0 Å². The fraction of sp³-hybridized carbons (Fsp3) is 0.875. The van der Waals surface area contributed by atoms with Crippen molar-refractivity contribution in [3.63, 3.8) is 0 Å². The van der Waals surface area contributed by atoms with Gasteiger partial charge in [0, 0.05) is 13.1 Å². The molecule has 0 aliphatic heterocycles. The zero-order valence-corrected chi connectivity index (χ0v) is 8.63. The third-order valence-electron chi connectivity index (χ3n) is 1.62. The molecule has 0 unspecified atom stereocenters. The molecule has 0 aromatic carbocycles. The molecule has 8 heteroatoms. The second-order valence-electron chi connectivity index (χ2n) is 3.12. The van der Waals surface area contributed by atoms with Crippen LogP contribution in [0.4, 0.5) is 13.2 Å². The lowest BCUT2D eigenvalue weighted by Gasteiger charge is -2.21. The van der Waals surface area contributed by atoms with E-state index in [1.165, 1.54) is 0 Å². The Hall–Kier alpha value is -0.860. The molecule has 0 aliphatic carbocycles. The quantitative estimate of drug-likeness (QED) is 0.534. The number of carbonyl (C=O) groups is 1. The lowest BCUT2D eigenvalue weighted by Crippen LogP contribution is -2.43. The van der Waals surface area contributed by atoms with Crippen LogP contribution in [0.2, 0.25) is 0 Å². The van der Waals surface area contributed by atoms with E-state index in [-0.39, 0.29) is 19.7 Å². The molecular formula is C8H15F3N2O3. The van der Waals surface area contributed by atoms with E-state index in [4.69, 9.17) is 10.2 Å². The summed E-state index contributed by atoms with van der Waals surface area (Å²) in [7, 11) is 0. The summed E-state index contributed by atoms with van der Waals surface area (Å²) >= 11 is 0. The van der Waals surface area contributed by atoms with E-state index in [0.29, 0.717) is 0 Å². The second kappa shape index (κ2) is 7.42. The van der Waals surface area contributed by atoms with Crippen LogP contribution < -0.4 is 5.32 Å². The Morgan fingerprint density at radius 1 is 1.25 bits per heavy atom. The van der Waals surface area contributed by atoms with Gasteiger partial charge in [-0.25, -0.2) is 0 Å². The number of nitrogens with zero attached hydrogens (tertiary/aromatic N) is 1. The first kappa shape index (κ1) is 15.1. The van der Waals surface area contributed by atoms with Gasteiger partial charge in [0.1, 0.15) is 0 Å². The minimum atomic E-state index is -4.41. The van der Waals surface area contributed by atoms with Crippen molar-refractivity contribution in [1.82, 2.24) is 10.2 Å². The van der Waals surface area contributed by atoms with Crippen molar-refractivity contribution in [2.24, 2.45) is 0 Å². The van der Waals surface area contributed by atoms with Crippen molar-refractivity contribution in [3.8, 4) is 0 Å². The highest BCUT2D eigenvalue weighted by molar-refractivity contribution is 5.77. The number of amides is 1. The van der Waals surface area contributed by atoms with Gasteiger partial charge in [-0.1, -0.05) is 0 Å². The first-order chi connectivity index (χ1) is 7.39. The fourth-order valence-corrected chi connectivity index (χ4v) is 1.06. The van der Waals surface area contributed by atoms with Gasteiger partial charge in [0.25, 0.3) is 0 Å². The van der Waals surface area contributed by atoms with Gasteiger partial charge in [-0.05, 0) is 0 Å². The fourth-order valence-electron chi connectivity index (χ4n) is 1.06. The Labute approximate surface area is 90.9 Å². The number of rotatable bonds is 7. The number of halogens is 3. The molecule has 0 rings (SSSR count). The molecule has 0 saturated carbocycles. The molecule has 96 valence electrons. The van der Waals surface area contributed by atoms with Crippen molar-refractivity contribution in [2.45, 2.75) is 6.18 Å². The van der Waals surface area contributed by atoms with E-state index in [0.717, 1.165) is 4.90 Å². The van der Waals surface area contributed by atoms with Crippen LogP contribution in [0.25, 0.3) is 0 Å². The smallest absolute Gasteiger partial charge is 0.395 e. The number of carbonyl (C=O) groups excluding carboxylic acids is 1. The summed E-state index contributed by atoms with van der Waals surface area (Å²) in [5.74, 6) is -0.619. The molecule has 0 aliphatic rings. The molecule has 16 heavy (non-hydrogen) atoms. The third-order valence-corrected chi connectivity index (χ3v) is 1.62. The predicted molar refractivity (Wildman–Crippen MR) is 49.7 cm³/mol. The monoisotopic (exact) mass is 244 g/mol. The number of aliphatic hydroxyl groups is 2. The van der Waals surface area contributed by atoms with Crippen molar-refractivity contribution in [3.05, 3.63) is 0 Å². The lowest BCUT2D eigenvalue weighted by molar-refractivity contribution is -0.149. The standard InChI is InChI=1S/C8H15F3N2O3/c9-8(10,11)6-13(2-4-15)5-7(16)12-1-3-14/h14-15H,1-6H2,(H,12,16). The van der Waals surface area contributed by atoms with Crippen LogP contribution in [-0.4, -0.2) is 66.6 Å². The molecule has 3 N–H and O–H groups in total. The number of aliphatic hydroxyl groups excluding tert-OH is 2. The average Bonchev–Trinajstić information content (AvgIpc) is 2.12. The van der Waals surface area contributed by atoms with Crippen LogP contribution in [0.5, 0.6) is 0 Å². The summed E-state index contributed by atoms with van der Waals surface area (Å²) in [4.78, 5) is 11.8.